The number of amides is 1. The molecule has 0 unspecified atom stereocenters. The monoisotopic (exact) mass is 261 g/mol. The van der Waals surface area contributed by atoms with Crippen molar-refractivity contribution in [3.63, 3.8) is 0 Å². The largest absolute Gasteiger partial charge is 0.364 e. The third-order valence-electron chi connectivity index (χ3n) is 2.72. The van der Waals surface area contributed by atoms with Crippen LogP contribution in [0.3, 0.4) is 0 Å². The number of aryl methyl sites for hydroxylation is 1. The predicted octanol–water partition coefficient (Wildman–Crippen LogP) is 1.04. The lowest BCUT2D eigenvalue weighted by Gasteiger charge is -2.03. The molecule has 2 rings (SSSR count). The van der Waals surface area contributed by atoms with E-state index in [4.69, 9.17) is 5.73 Å². The second-order valence-corrected chi connectivity index (χ2v) is 3.84. The summed E-state index contributed by atoms with van der Waals surface area (Å²) < 4.78 is 0. The molecule has 0 aliphatic rings. The molecule has 0 fully saturated rings. The number of nitrogens with two attached hydrogens (primary N) is 1. The molecule has 98 valence electrons. The van der Waals surface area contributed by atoms with Crippen LogP contribution in [-0.4, -0.2) is 26.2 Å². The number of rotatable bonds is 4. The van der Waals surface area contributed by atoms with Crippen molar-refractivity contribution in [3.8, 4) is 11.3 Å². The molecule has 1 amide bonds. The number of nitrogens with zero attached hydrogens (tertiary/aromatic N) is 3. The number of nitrogens with one attached hydrogen (secondary N) is 1. The number of nitro benzene ring substituents is 1. The molecule has 8 nitrogen and oxygen atoms in total. The molecule has 3 N–H and O–H groups in total. The lowest BCUT2D eigenvalue weighted by atomic mass is 10.0. The smallest absolute Gasteiger partial charge is 0.273 e. The summed E-state index contributed by atoms with van der Waals surface area (Å²) in [5.41, 5.74) is 6.34. The fourth-order valence-electron chi connectivity index (χ4n) is 1.78. The van der Waals surface area contributed by atoms with Crippen LogP contribution in [0.4, 0.5) is 5.69 Å². The number of H-pyrrole nitrogens is 1. The first kappa shape index (κ1) is 12.7. The Bertz CT molecular complexity index is 650. The van der Waals surface area contributed by atoms with Crippen LogP contribution in [0, 0.1) is 10.1 Å². The van der Waals surface area contributed by atoms with Gasteiger partial charge < -0.3 is 5.73 Å². The Morgan fingerprint density at radius 1 is 1.47 bits per heavy atom. The fourth-order valence-corrected chi connectivity index (χ4v) is 1.78. The van der Waals surface area contributed by atoms with Gasteiger partial charge in [0.05, 0.1) is 4.92 Å². The summed E-state index contributed by atoms with van der Waals surface area (Å²) in [5.74, 6) is -0.744. The van der Waals surface area contributed by atoms with Gasteiger partial charge in [-0.2, -0.15) is 15.4 Å². The third kappa shape index (κ3) is 2.28. The highest BCUT2D eigenvalue weighted by Gasteiger charge is 2.19. The van der Waals surface area contributed by atoms with Crippen molar-refractivity contribution in [2.45, 2.75) is 13.3 Å². The van der Waals surface area contributed by atoms with Gasteiger partial charge in [0.15, 0.2) is 5.69 Å². The maximum atomic E-state index is 11.2. The normalized spacial score (nSPS) is 10.4. The van der Waals surface area contributed by atoms with Gasteiger partial charge in [0.2, 0.25) is 0 Å². The van der Waals surface area contributed by atoms with Gasteiger partial charge in [-0.1, -0.05) is 19.1 Å². The Morgan fingerprint density at radius 2 is 2.21 bits per heavy atom. The van der Waals surface area contributed by atoms with E-state index in [1.807, 2.05) is 6.92 Å². The summed E-state index contributed by atoms with van der Waals surface area (Å²) in [7, 11) is 0. The number of aromatic amines is 1. The molecule has 1 aromatic carbocycles. The van der Waals surface area contributed by atoms with E-state index in [2.05, 4.69) is 15.4 Å². The van der Waals surface area contributed by atoms with Crippen molar-refractivity contribution in [1.29, 1.82) is 0 Å². The van der Waals surface area contributed by atoms with E-state index in [-0.39, 0.29) is 17.1 Å². The summed E-state index contributed by atoms with van der Waals surface area (Å²) in [6.07, 6.45) is 0.540. The lowest BCUT2D eigenvalue weighted by Crippen LogP contribution is -2.12. The Kier molecular flexibility index (Phi) is 3.23. The average molecular weight is 261 g/mol. The number of nitro groups is 1. The van der Waals surface area contributed by atoms with Crippen LogP contribution in [0.2, 0.25) is 0 Å². The maximum absolute atomic E-state index is 11.2. The van der Waals surface area contributed by atoms with Gasteiger partial charge in [-0.15, -0.1) is 0 Å². The number of hydrogen-bond donors (Lipinski definition) is 2. The number of primary amides is 1. The molecule has 1 aromatic heterocycles. The lowest BCUT2D eigenvalue weighted by molar-refractivity contribution is -0.385. The molecular formula is C11H11N5O3. The van der Waals surface area contributed by atoms with Crippen molar-refractivity contribution in [2.24, 2.45) is 5.73 Å². The van der Waals surface area contributed by atoms with Gasteiger partial charge in [-0.25, -0.2) is 0 Å². The minimum absolute atomic E-state index is 0.0154. The maximum Gasteiger partial charge on any atom is 0.273 e. The van der Waals surface area contributed by atoms with E-state index >= 15 is 0 Å². The molecule has 2 aromatic rings. The van der Waals surface area contributed by atoms with E-state index in [9.17, 15) is 14.9 Å². The van der Waals surface area contributed by atoms with Crippen LogP contribution in [-0.2, 0) is 6.42 Å². The Morgan fingerprint density at radius 3 is 2.79 bits per heavy atom. The van der Waals surface area contributed by atoms with Crippen LogP contribution in [0.5, 0.6) is 0 Å². The molecule has 0 spiro atoms. The highest BCUT2D eigenvalue weighted by Crippen LogP contribution is 2.27. The third-order valence-corrected chi connectivity index (χ3v) is 2.72. The fraction of sp³-hybridized carbons (Fsp3) is 0.182. The topological polar surface area (TPSA) is 128 Å². The first-order valence-electron chi connectivity index (χ1n) is 5.52. The molecule has 0 saturated carbocycles. The van der Waals surface area contributed by atoms with Crippen LogP contribution < -0.4 is 5.73 Å². The minimum atomic E-state index is -0.744. The predicted molar refractivity (Wildman–Crippen MR) is 66.4 cm³/mol. The molecule has 0 aliphatic heterocycles. The molecule has 0 saturated heterocycles. The second-order valence-electron chi connectivity index (χ2n) is 3.84. The number of aromatic nitrogens is 3. The van der Waals surface area contributed by atoms with E-state index in [1.165, 1.54) is 6.07 Å². The molecule has 0 aliphatic carbocycles. The van der Waals surface area contributed by atoms with E-state index in [1.54, 1.807) is 12.1 Å². The average Bonchev–Trinajstić information content (AvgIpc) is 2.87. The van der Waals surface area contributed by atoms with Crippen LogP contribution in [0.25, 0.3) is 11.3 Å². The second kappa shape index (κ2) is 4.84. The van der Waals surface area contributed by atoms with E-state index < -0.39 is 10.8 Å². The Labute approximate surface area is 107 Å². The highest BCUT2D eigenvalue weighted by molar-refractivity contribution is 5.96. The van der Waals surface area contributed by atoms with Crippen molar-refractivity contribution in [2.75, 3.05) is 0 Å². The summed E-state index contributed by atoms with van der Waals surface area (Å²) in [4.78, 5) is 21.7. The minimum Gasteiger partial charge on any atom is -0.364 e. The molecular weight excluding hydrogens is 250 g/mol. The molecule has 8 heteroatoms. The zero-order chi connectivity index (χ0) is 14.0. The van der Waals surface area contributed by atoms with Gasteiger partial charge >= 0.3 is 0 Å². The SMILES string of the molecule is CCc1ccc(-c2n[nH]nc2C(N)=O)cc1[N+](=O)[O-]. The summed E-state index contributed by atoms with van der Waals surface area (Å²) in [5, 5.41) is 20.7. The number of benzene rings is 1. The molecule has 19 heavy (non-hydrogen) atoms. The Hall–Kier alpha value is -2.77. The summed E-state index contributed by atoms with van der Waals surface area (Å²) in [6.45, 7) is 1.83. The molecule has 0 bridgehead atoms. The number of carbonyl (C=O) groups excluding carboxylic acids is 1. The highest BCUT2D eigenvalue weighted by atomic mass is 16.6. The molecule has 1 heterocycles. The van der Waals surface area contributed by atoms with Gasteiger partial charge in [0.1, 0.15) is 5.69 Å². The van der Waals surface area contributed by atoms with E-state index in [0.29, 0.717) is 17.5 Å². The quantitative estimate of drug-likeness (QED) is 0.627. The summed E-state index contributed by atoms with van der Waals surface area (Å²) >= 11 is 0. The van der Waals surface area contributed by atoms with Gasteiger partial charge in [0, 0.05) is 17.2 Å². The Balaban J connectivity index is 2.57. The number of carbonyl (C=O) groups is 1. The summed E-state index contributed by atoms with van der Waals surface area (Å²) in [6, 6.07) is 4.65. The van der Waals surface area contributed by atoms with E-state index in [0.717, 1.165) is 0 Å². The van der Waals surface area contributed by atoms with Crippen LogP contribution >= 0.6 is 0 Å². The van der Waals surface area contributed by atoms with Crippen molar-refractivity contribution < 1.29 is 9.72 Å². The number of hydrogen-bond acceptors (Lipinski definition) is 5. The zero-order valence-corrected chi connectivity index (χ0v) is 10.1. The van der Waals surface area contributed by atoms with Gasteiger partial charge in [-0.3, -0.25) is 14.9 Å². The van der Waals surface area contributed by atoms with Gasteiger partial charge in [-0.05, 0) is 6.42 Å². The van der Waals surface area contributed by atoms with Crippen molar-refractivity contribution >= 4 is 11.6 Å². The van der Waals surface area contributed by atoms with Gasteiger partial charge in [0.25, 0.3) is 11.6 Å². The van der Waals surface area contributed by atoms with Crippen LogP contribution in [0.1, 0.15) is 23.0 Å². The van der Waals surface area contributed by atoms with Crippen molar-refractivity contribution in [3.05, 3.63) is 39.6 Å². The van der Waals surface area contributed by atoms with Crippen molar-refractivity contribution in [1.82, 2.24) is 15.4 Å². The first-order valence-corrected chi connectivity index (χ1v) is 5.52. The molecule has 0 radical (unpaired) electrons. The standard InChI is InChI=1S/C11H11N5O3/c1-2-6-3-4-7(5-8(6)16(18)19)9-10(11(12)17)14-15-13-9/h3-5H,2H2,1H3,(H2,12,17)(H,13,14,15). The first-order chi connectivity index (χ1) is 9.04. The zero-order valence-electron chi connectivity index (χ0n) is 10.1. The van der Waals surface area contributed by atoms with Crippen LogP contribution in [0.15, 0.2) is 18.2 Å². The molecule has 0 atom stereocenters.